The quantitative estimate of drug-likeness (QED) is 0.717. The normalized spacial score (nSPS) is 12.2. The summed E-state index contributed by atoms with van der Waals surface area (Å²) < 4.78 is 19.2. The average molecular weight is 386 g/mol. The molecule has 2 N–H and O–H groups in total. The maximum atomic E-state index is 13.5. The molecule has 0 saturated carbocycles. The first-order chi connectivity index (χ1) is 13.2. The Morgan fingerprint density at radius 1 is 1.00 bits per heavy atom. The molecule has 28 heavy (non-hydrogen) atoms. The fraction of sp³-hybridized carbons (Fsp3) is 0.364. The van der Waals surface area contributed by atoms with Crippen LogP contribution in [-0.2, 0) is 10.2 Å². The zero-order chi connectivity index (χ0) is 20.7. The van der Waals surface area contributed by atoms with Gasteiger partial charge in [0.05, 0.1) is 5.56 Å². The van der Waals surface area contributed by atoms with Crippen molar-refractivity contribution in [1.82, 2.24) is 10.6 Å². The van der Waals surface area contributed by atoms with E-state index in [4.69, 9.17) is 4.74 Å². The Balaban J connectivity index is 1.75. The number of nitrogens with one attached hydrogen (secondary N) is 2. The Bertz CT molecular complexity index is 813. The van der Waals surface area contributed by atoms with Crippen molar-refractivity contribution < 1.29 is 18.7 Å². The van der Waals surface area contributed by atoms with Gasteiger partial charge in [-0.2, -0.15) is 0 Å². The van der Waals surface area contributed by atoms with Gasteiger partial charge < -0.3 is 15.4 Å². The number of hydrogen-bond acceptors (Lipinski definition) is 3. The van der Waals surface area contributed by atoms with Crippen LogP contribution in [0.15, 0.2) is 48.5 Å². The molecule has 2 rings (SSSR count). The lowest BCUT2D eigenvalue weighted by Gasteiger charge is -2.20. The molecular formula is C22H27FN2O3. The van der Waals surface area contributed by atoms with Gasteiger partial charge >= 0.3 is 0 Å². The predicted octanol–water partition coefficient (Wildman–Crippen LogP) is 3.44. The van der Waals surface area contributed by atoms with E-state index in [-0.39, 0.29) is 30.0 Å². The first-order valence-corrected chi connectivity index (χ1v) is 9.26. The van der Waals surface area contributed by atoms with Gasteiger partial charge in [-0.3, -0.25) is 9.59 Å². The maximum Gasteiger partial charge on any atom is 0.260 e. The minimum atomic E-state index is -0.678. The molecule has 0 saturated heterocycles. The summed E-state index contributed by atoms with van der Waals surface area (Å²) in [4.78, 5) is 24.0. The zero-order valence-corrected chi connectivity index (χ0v) is 16.7. The summed E-state index contributed by atoms with van der Waals surface area (Å²) in [5.74, 6) is -0.775. The fourth-order valence-corrected chi connectivity index (χ4v) is 2.54. The second-order valence-corrected chi connectivity index (χ2v) is 7.56. The van der Waals surface area contributed by atoms with E-state index in [0.29, 0.717) is 5.75 Å². The molecule has 1 unspecified atom stereocenters. The molecule has 0 aromatic heterocycles. The zero-order valence-electron chi connectivity index (χ0n) is 16.7. The lowest BCUT2D eigenvalue weighted by Crippen LogP contribution is -2.40. The molecule has 0 fully saturated rings. The van der Waals surface area contributed by atoms with Gasteiger partial charge in [0.1, 0.15) is 11.6 Å². The van der Waals surface area contributed by atoms with Crippen molar-refractivity contribution in [3.63, 3.8) is 0 Å². The van der Waals surface area contributed by atoms with Gasteiger partial charge in [-0.1, -0.05) is 45.0 Å². The van der Waals surface area contributed by atoms with Crippen molar-refractivity contribution in [3.05, 3.63) is 65.5 Å². The summed E-state index contributed by atoms with van der Waals surface area (Å²) in [6.07, 6.45) is -0.678. The molecule has 6 heteroatoms. The van der Waals surface area contributed by atoms with Crippen LogP contribution in [0.25, 0.3) is 0 Å². The highest BCUT2D eigenvalue weighted by Gasteiger charge is 2.16. The first kappa shape index (κ1) is 21.4. The SMILES string of the molecule is CC(Oc1ccc(C(C)(C)C)cc1)C(=O)NCCNC(=O)c1ccccc1F. The number of carbonyl (C=O) groups is 2. The molecule has 0 aliphatic rings. The third-order valence-corrected chi connectivity index (χ3v) is 4.23. The van der Waals surface area contributed by atoms with Crippen molar-refractivity contribution >= 4 is 11.8 Å². The molecule has 2 aromatic rings. The maximum absolute atomic E-state index is 13.5. The molecule has 0 heterocycles. The second kappa shape index (κ2) is 9.35. The molecule has 150 valence electrons. The van der Waals surface area contributed by atoms with E-state index in [2.05, 4.69) is 31.4 Å². The van der Waals surface area contributed by atoms with Crippen LogP contribution in [0.2, 0.25) is 0 Å². The monoisotopic (exact) mass is 386 g/mol. The Kier molecular flexibility index (Phi) is 7.15. The van der Waals surface area contributed by atoms with Gasteiger partial charge in [-0.25, -0.2) is 4.39 Å². The van der Waals surface area contributed by atoms with Crippen molar-refractivity contribution in [2.45, 2.75) is 39.2 Å². The molecule has 0 radical (unpaired) electrons. The summed E-state index contributed by atoms with van der Waals surface area (Å²) in [7, 11) is 0. The van der Waals surface area contributed by atoms with Crippen molar-refractivity contribution in [3.8, 4) is 5.75 Å². The number of carbonyl (C=O) groups excluding carboxylic acids is 2. The molecular weight excluding hydrogens is 359 g/mol. The third-order valence-electron chi connectivity index (χ3n) is 4.23. The van der Waals surface area contributed by atoms with Gasteiger partial charge in [-0.15, -0.1) is 0 Å². The summed E-state index contributed by atoms with van der Waals surface area (Å²) in [5.41, 5.74) is 1.21. The van der Waals surface area contributed by atoms with E-state index in [1.165, 1.54) is 23.8 Å². The highest BCUT2D eigenvalue weighted by molar-refractivity contribution is 5.94. The minimum absolute atomic E-state index is 0.0239. The molecule has 1 atom stereocenters. The topological polar surface area (TPSA) is 67.4 Å². The largest absolute Gasteiger partial charge is 0.481 e. The average Bonchev–Trinajstić information content (AvgIpc) is 2.65. The number of amides is 2. The molecule has 5 nitrogen and oxygen atoms in total. The van der Waals surface area contributed by atoms with Crippen LogP contribution in [0.5, 0.6) is 5.75 Å². The molecule has 0 aliphatic heterocycles. The summed E-state index contributed by atoms with van der Waals surface area (Å²) >= 11 is 0. The van der Waals surface area contributed by atoms with E-state index in [1.807, 2.05) is 24.3 Å². The number of halogens is 1. The number of benzene rings is 2. The molecule has 2 amide bonds. The number of ether oxygens (including phenoxy) is 1. The van der Waals surface area contributed by atoms with E-state index < -0.39 is 17.8 Å². The van der Waals surface area contributed by atoms with Gasteiger partial charge in [0, 0.05) is 13.1 Å². The lowest BCUT2D eigenvalue weighted by molar-refractivity contribution is -0.127. The van der Waals surface area contributed by atoms with Crippen molar-refractivity contribution in [2.24, 2.45) is 0 Å². The van der Waals surface area contributed by atoms with Gasteiger partial charge in [-0.05, 0) is 42.2 Å². The van der Waals surface area contributed by atoms with Crippen LogP contribution in [-0.4, -0.2) is 31.0 Å². The van der Waals surface area contributed by atoms with Crippen molar-refractivity contribution in [1.29, 1.82) is 0 Å². The van der Waals surface area contributed by atoms with Gasteiger partial charge in [0.15, 0.2) is 6.10 Å². The Morgan fingerprint density at radius 2 is 1.61 bits per heavy atom. The highest BCUT2D eigenvalue weighted by atomic mass is 19.1. The predicted molar refractivity (Wildman–Crippen MR) is 107 cm³/mol. The summed E-state index contributed by atoms with van der Waals surface area (Å²) in [6.45, 7) is 8.45. The van der Waals surface area contributed by atoms with Crippen LogP contribution in [0.1, 0.15) is 43.6 Å². The van der Waals surface area contributed by atoms with E-state index in [9.17, 15) is 14.0 Å². The van der Waals surface area contributed by atoms with Crippen LogP contribution < -0.4 is 15.4 Å². The fourth-order valence-electron chi connectivity index (χ4n) is 2.54. The second-order valence-electron chi connectivity index (χ2n) is 7.56. The third kappa shape index (κ3) is 6.08. The molecule has 0 aliphatic carbocycles. The molecule has 0 spiro atoms. The van der Waals surface area contributed by atoms with Gasteiger partial charge in [0.2, 0.25) is 0 Å². The van der Waals surface area contributed by atoms with Gasteiger partial charge in [0.25, 0.3) is 11.8 Å². The highest BCUT2D eigenvalue weighted by Crippen LogP contribution is 2.24. The van der Waals surface area contributed by atoms with E-state index in [0.717, 1.165) is 0 Å². The standard InChI is InChI=1S/C22H27FN2O3/c1-15(28-17-11-9-16(10-12-17)22(2,3)4)20(26)24-13-14-25-21(27)18-7-5-6-8-19(18)23/h5-12,15H,13-14H2,1-4H3,(H,24,26)(H,25,27). The number of hydrogen-bond donors (Lipinski definition) is 2. The first-order valence-electron chi connectivity index (χ1n) is 9.26. The summed E-state index contributed by atoms with van der Waals surface area (Å²) in [6, 6.07) is 13.4. The Labute approximate surface area is 165 Å². The summed E-state index contributed by atoms with van der Waals surface area (Å²) in [5, 5.41) is 5.26. The van der Waals surface area contributed by atoms with Crippen LogP contribution >= 0.6 is 0 Å². The van der Waals surface area contributed by atoms with Crippen LogP contribution in [0.3, 0.4) is 0 Å². The minimum Gasteiger partial charge on any atom is -0.481 e. The molecule has 2 aromatic carbocycles. The Morgan fingerprint density at radius 3 is 2.21 bits per heavy atom. The number of rotatable bonds is 7. The van der Waals surface area contributed by atoms with E-state index in [1.54, 1.807) is 13.0 Å². The van der Waals surface area contributed by atoms with E-state index >= 15 is 0 Å². The Hall–Kier alpha value is -2.89. The van der Waals surface area contributed by atoms with Crippen LogP contribution in [0.4, 0.5) is 4.39 Å². The van der Waals surface area contributed by atoms with Crippen LogP contribution in [0, 0.1) is 5.82 Å². The molecule has 0 bridgehead atoms. The lowest BCUT2D eigenvalue weighted by atomic mass is 9.87. The van der Waals surface area contributed by atoms with Crippen molar-refractivity contribution in [2.75, 3.05) is 13.1 Å². The smallest absolute Gasteiger partial charge is 0.260 e.